The summed E-state index contributed by atoms with van der Waals surface area (Å²) < 4.78 is 26.1. The second-order valence-corrected chi connectivity index (χ2v) is 9.72. The number of hydrogen-bond donors (Lipinski definition) is 0. The lowest BCUT2D eigenvalue weighted by Gasteiger charge is -2.28. The number of aromatic nitrogens is 1. The molecule has 4 nitrogen and oxygen atoms in total. The van der Waals surface area contributed by atoms with E-state index < -0.39 is 9.84 Å². The number of hydrogen-bond acceptors (Lipinski definition) is 5. The molecule has 0 unspecified atom stereocenters. The standard InChI is InChI=1S/C19H17ClN2O2S2/c1-13-8-10-15(11-9-13)26(23,24)18-17(20)25-19(21-18)22-12-4-6-14-5-2-3-7-16(14)22/h2-3,5,7-11H,4,6,12H2,1H3. The summed E-state index contributed by atoms with van der Waals surface area (Å²) in [5.74, 6) is 0. The first-order valence-corrected chi connectivity index (χ1v) is 11.0. The molecule has 3 aromatic rings. The monoisotopic (exact) mass is 404 g/mol. The highest BCUT2D eigenvalue weighted by Crippen LogP contribution is 2.41. The van der Waals surface area contributed by atoms with Gasteiger partial charge in [0.15, 0.2) is 10.2 Å². The number of sulfone groups is 1. The first-order chi connectivity index (χ1) is 12.5. The molecule has 0 aliphatic carbocycles. The average Bonchev–Trinajstić information content (AvgIpc) is 3.04. The van der Waals surface area contributed by atoms with E-state index in [1.165, 1.54) is 16.9 Å². The van der Waals surface area contributed by atoms with Gasteiger partial charge in [0.05, 0.1) is 4.90 Å². The van der Waals surface area contributed by atoms with Gasteiger partial charge in [-0.25, -0.2) is 13.4 Å². The van der Waals surface area contributed by atoms with Crippen molar-refractivity contribution < 1.29 is 8.42 Å². The SMILES string of the molecule is Cc1ccc(S(=O)(=O)c2nc(N3CCCc4ccccc43)sc2Cl)cc1. The highest BCUT2D eigenvalue weighted by molar-refractivity contribution is 7.91. The number of halogens is 1. The Labute approximate surface area is 162 Å². The molecule has 26 heavy (non-hydrogen) atoms. The maximum absolute atomic E-state index is 12.9. The van der Waals surface area contributed by atoms with Crippen LogP contribution in [0.5, 0.6) is 0 Å². The zero-order chi connectivity index (χ0) is 18.3. The van der Waals surface area contributed by atoms with Gasteiger partial charge in [0, 0.05) is 12.2 Å². The molecular formula is C19H17ClN2O2S2. The van der Waals surface area contributed by atoms with E-state index in [4.69, 9.17) is 11.6 Å². The molecule has 0 N–H and O–H groups in total. The fraction of sp³-hybridized carbons (Fsp3) is 0.211. The summed E-state index contributed by atoms with van der Waals surface area (Å²) >= 11 is 7.52. The summed E-state index contributed by atoms with van der Waals surface area (Å²) in [4.78, 5) is 6.70. The molecule has 0 bridgehead atoms. The number of nitrogens with zero attached hydrogens (tertiary/aromatic N) is 2. The molecule has 0 spiro atoms. The third-order valence-electron chi connectivity index (χ3n) is 4.47. The lowest BCUT2D eigenvalue weighted by atomic mass is 10.0. The minimum atomic E-state index is -3.74. The van der Waals surface area contributed by atoms with E-state index in [1.54, 1.807) is 24.3 Å². The first-order valence-electron chi connectivity index (χ1n) is 8.30. The van der Waals surface area contributed by atoms with Crippen LogP contribution in [-0.4, -0.2) is 19.9 Å². The second kappa shape index (κ2) is 6.68. The minimum Gasteiger partial charge on any atom is -0.317 e. The van der Waals surface area contributed by atoms with Crippen molar-refractivity contribution in [2.24, 2.45) is 0 Å². The Kier molecular flexibility index (Phi) is 4.50. The molecule has 7 heteroatoms. The summed E-state index contributed by atoms with van der Waals surface area (Å²) in [6.07, 6.45) is 2.01. The van der Waals surface area contributed by atoms with E-state index >= 15 is 0 Å². The van der Waals surface area contributed by atoms with Crippen molar-refractivity contribution in [2.45, 2.75) is 29.7 Å². The van der Waals surface area contributed by atoms with Gasteiger partial charge in [-0.15, -0.1) is 0 Å². The largest absolute Gasteiger partial charge is 0.317 e. The molecule has 0 saturated carbocycles. The number of benzene rings is 2. The van der Waals surface area contributed by atoms with Gasteiger partial charge in [-0.3, -0.25) is 0 Å². The van der Waals surface area contributed by atoms with Gasteiger partial charge in [0.1, 0.15) is 4.34 Å². The predicted molar refractivity (Wildman–Crippen MR) is 106 cm³/mol. The zero-order valence-corrected chi connectivity index (χ0v) is 16.5. The van der Waals surface area contributed by atoms with Gasteiger partial charge in [-0.1, -0.05) is 58.8 Å². The number of para-hydroxylation sites is 1. The van der Waals surface area contributed by atoms with Crippen molar-refractivity contribution in [1.82, 2.24) is 4.98 Å². The Balaban J connectivity index is 1.76. The van der Waals surface area contributed by atoms with Crippen molar-refractivity contribution in [3.63, 3.8) is 0 Å². The van der Waals surface area contributed by atoms with E-state index in [0.717, 1.165) is 30.6 Å². The third kappa shape index (κ3) is 3.02. The van der Waals surface area contributed by atoms with Gasteiger partial charge < -0.3 is 4.90 Å². The molecule has 0 atom stereocenters. The summed E-state index contributed by atoms with van der Waals surface area (Å²) in [5, 5.41) is 0.555. The van der Waals surface area contributed by atoms with E-state index in [2.05, 4.69) is 16.0 Å². The molecular weight excluding hydrogens is 388 g/mol. The predicted octanol–water partition coefficient (Wildman–Crippen LogP) is 5.02. The summed E-state index contributed by atoms with van der Waals surface area (Å²) in [7, 11) is -3.74. The van der Waals surface area contributed by atoms with Crippen LogP contribution >= 0.6 is 22.9 Å². The molecule has 2 heterocycles. The number of rotatable bonds is 3. The molecule has 0 amide bonds. The summed E-state index contributed by atoms with van der Waals surface area (Å²) in [6.45, 7) is 2.71. The van der Waals surface area contributed by atoms with Gasteiger partial charge in [0.25, 0.3) is 0 Å². The van der Waals surface area contributed by atoms with Crippen molar-refractivity contribution in [3.8, 4) is 0 Å². The molecule has 2 aromatic carbocycles. The number of thiazole rings is 1. The van der Waals surface area contributed by atoms with Gasteiger partial charge in [-0.05, 0) is 43.5 Å². The van der Waals surface area contributed by atoms with E-state index in [1.807, 2.05) is 25.1 Å². The van der Waals surface area contributed by atoms with E-state index in [0.29, 0.717) is 5.13 Å². The molecule has 1 aliphatic rings. The van der Waals surface area contributed by atoms with Crippen LogP contribution in [0.25, 0.3) is 0 Å². The number of anilines is 2. The van der Waals surface area contributed by atoms with Crippen molar-refractivity contribution in [1.29, 1.82) is 0 Å². The number of fused-ring (bicyclic) bond motifs is 1. The van der Waals surface area contributed by atoms with Crippen LogP contribution in [-0.2, 0) is 16.3 Å². The molecule has 134 valence electrons. The Morgan fingerprint density at radius 3 is 2.62 bits per heavy atom. The Morgan fingerprint density at radius 2 is 1.85 bits per heavy atom. The first kappa shape index (κ1) is 17.5. The van der Waals surface area contributed by atoms with Crippen LogP contribution in [0.4, 0.5) is 10.8 Å². The highest BCUT2D eigenvalue weighted by atomic mass is 35.5. The third-order valence-corrected chi connectivity index (χ3v) is 7.69. The molecule has 4 rings (SSSR count). The van der Waals surface area contributed by atoms with Crippen LogP contribution in [0.2, 0.25) is 4.34 Å². The van der Waals surface area contributed by atoms with Crippen LogP contribution in [0, 0.1) is 6.92 Å². The quantitative estimate of drug-likeness (QED) is 0.614. The fourth-order valence-corrected chi connectivity index (χ4v) is 6.05. The van der Waals surface area contributed by atoms with Gasteiger partial charge in [-0.2, -0.15) is 0 Å². The van der Waals surface area contributed by atoms with E-state index in [-0.39, 0.29) is 14.3 Å². The Bertz CT molecular complexity index is 1060. The van der Waals surface area contributed by atoms with Gasteiger partial charge >= 0.3 is 0 Å². The smallest absolute Gasteiger partial charge is 0.226 e. The Morgan fingerprint density at radius 1 is 1.12 bits per heavy atom. The number of aryl methyl sites for hydroxylation is 2. The summed E-state index contributed by atoms with van der Waals surface area (Å²) in [5.41, 5.74) is 3.32. The molecule has 0 saturated heterocycles. The second-order valence-electron chi connectivity index (χ2n) is 6.28. The molecule has 1 aromatic heterocycles. The maximum Gasteiger partial charge on any atom is 0.226 e. The van der Waals surface area contributed by atoms with Crippen LogP contribution in [0.3, 0.4) is 0 Å². The normalized spacial score (nSPS) is 14.3. The lowest BCUT2D eigenvalue weighted by Crippen LogP contribution is -2.24. The fourth-order valence-electron chi connectivity index (χ4n) is 3.12. The topological polar surface area (TPSA) is 50.3 Å². The van der Waals surface area contributed by atoms with Crippen LogP contribution in [0.1, 0.15) is 17.5 Å². The van der Waals surface area contributed by atoms with Crippen LogP contribution in [0.15, 0.2) is 58.5 Å². The van der Waals surface area contributed by atoms with Crippen molar-refractivity contribution in [3.05, 3.63) is 64.0 Å². The van der Waals surface area contributed by atoms with Crippen molar-refractivity contribution in [2.75, 3.05) is 11.4 Å². The maximum atomic E-state index is 12.9. The average molecular weight is 405 g/mol. The van der Waals surface area contributed by atoms with E-state index in [9.17, 15) is 8.42 Å². The highest BCUT2D eigenvalue weighted by Gasteiger charge is 2.28. The van der Waals surface area contributed by atoms with Gasteiger partial charge in [0.2, 0.25) is 9.84 Å². The van der Waals surface area contributed by atoms with Crippen molar-refractivity contribution >= 4 is 43.6 Å². The summed E-state index contributed by atoms with van der Waals surface area (Å²) in [6, 6.07) is 14.9. The molecule has 0 radical (unpaired) electrons. The van der Waals surface area contributed by atoms with Crippen LogP contribution < -0.4 is 4.90 Å². The lowest BCUT2D eigenvalue weighted by molar-refractivity contribution is 0.593. The molecule has 0 fully saturated rings. The minimum absolute atomic E-state index is 0.0638. The Hall–Kier alpha value is -1.89. The zero-order valence-electron chi connectivity index (χ0n) is 14.1. The molecule has 1 aliphatic heterocycles.